The van der Waals surface area contributed by atoms with Crippen LogP contribution in [0.1, 0.15) is 25.3 Å². The molecule has 0 saturated carbocycles. The lowest BCUT2D eigenvalue weighted by Gasteiger charge is -2.14. The van der Waals surface area contributed by atoms with E-state index in [4.69, 9.17) is 11.6 Å². The summed E-state index contributed by atoms with van der Waals surface area (Å²) in [6, 6.07) is 2.05. The molecule has 9 heteroatoms. The molecule has 0 aliphatic heterocycles. The fraction of sp³-hybridized carbons (Fsp3) is 0.500. The Kier molecular flexibility index (Phi) is 6.03. The first kappa shape index (κ1) is 18.2. The number of benzene rings is 1. The molecule has 0 fully saturated rings. The Morgan fingerprint density at radius 3 is 2.52 bits per heavy atom. The van der Waals surface area contributed by atoms with E-state index in [2.05, 4.69) is 0 Å². The van der Waals surface area contributed by atoms with E-state index < -0.39 is 32.8 Å². The van der Waals surface area contributed by atoms with Gasteiger partial charge in [0.25, 0.3) is 0 Å². The van der Waals surface area contributed by atoms with Crippen LogP contribution in [0.4, 0.5) is 13.2 Å². The first-order valence-electron chi connectivity index (χ1n) is 6.12. The van der Waals surface area contributed by atoms with Gasteiger partial charge in [-0.3, -0.25) is 0 Å². The van der Waals surface area contributed by atoms with Gasteiger partial charge in [-0.05, 0) is 24.6 Å². The molecule has 0 aromatic heterocycles. The Labute approximate surface area is 126 Å². The number of nitrogens with one attached hydrogen (secondary N) is 1. The lowest BCUT2D eigenvalue weighted by atomic mass is 10.2. The monoisotopic (exact) mass is 345 g/mol. The largest absolute Gasteiger partial charge is 0.416 e. The molecule has 1 rings (SSSR count). The third-order valence-electron chi connectivity index (χ3n) is 2.68. The number of aliphatic hydroxyl groups is 1. The molecule has 1 aromatic rings. The van der Waals surface area contributed by atoms with Gasteiger partial charge in [0.15, 0.2) is 0 Å². The van der Waals surface area contributed by atoms with Gasteiger partial charge in [0.05, 0.1) is 16.7 Å². The van der Waals surface area contributed by atoms with Crippen LogP contribution < -0.4 is 4.72 Å². The van der Waals surface area contributed by atoms with Crippen LogP contribution in [-0.4, -0.2) is 26.2 Å². The Hall–Kier alpha value is -0.830. The van der Waals surface area contributed by atoms with Gasteiger partial charge >= 0.3 is 6.18 Å². The predicted octanol–water partition coefficient (Wildman–Crippen LogP) is 2.80. The van der Waals surface area contributed by atoms with E-state index in [1.165, 1.54) is 0 Å². The van der Waals surface area contributed by atoms with E-state index in [0.717, 1.165) is 6.07 Å². The number of hydrogen-bond donors (Lipinski definition) is 2. The number of aliphatic hydroxyl groups excluding tert-OH is 1. The van der Waals surface area contributed by atoms with Gasteiger partial charge in [-0.15, -0.1) is 0 Å². The minimum Gasteiger partial charge on any atom is -0.392 e. The van der Waals surface area contributed by atoms with Gasteiger partial charge in [-0.2, -0.15) is 13.2 Å². The highest BCUT2D eigenvalue weighted by molar-refractivity contribution is 7.89. The minimum atomic E-state index is -4.67. The lowest BCUT2D eigenvalue weighted by Crippen LogP contribution is -2.32. The normalized spacial score (nSPS) is 14.2. The smallest absolute Gasteiger partial charge is 0.392 e. The molecule has 0 heterocycles. The van der Waals surface area contributed by atoms with Crippen LogP contribution in [0.2, 0.25) is 5.02 Å². The second-order valence-electron chi connectivity index (χ2n) is 4.44. The summed E-state index contributed by atoms with van der Waals surface area (Å²) in [7, 11) is -4.23. The number of sulfonamides is 1. The third-order valence-corrected chi connectivity index (χ3v) is 4.58. The van der Waals surface area contributed by atoms with Gasteiger partial charge < -0.3 is 5.11 Å². The van der Waals surface area contributed by atoms with Gasteiger partial charge in [0.2, 0.25) is 10.0 Å². The van der Waals surface area contributed by atoms with Crippen molar-refractivity contribution in [2.45, 2.75) is 36.9 Å². The Morgan fingerprint density at radius 2 is 2.00 bits per heavy atom. The maximum atomic E-state index is 12.6. The summed E-state index contributed by atoms with van der Waals surface area (Å²) in [6.45, 7) is 1.52. The molecule has 0 aliphatic rings. The van der Waals surface area contributed by atoms with Crippen molar-refractivity contribution in [1.82, 2.24) is 4.72 Å². The molecule has 120 valence electrons. The first-order chi connectivity index (χ1) is 9.58. The average molecular weight is 346 g/mol. The van der Waals surface area contributed by atoms with E-state index in [1.54, 1.807) is 6.92 Å². The zero-order chi connectivity index (χ0) is 16.3. The van der Waals surface area contributed by atoms with Gasteiger partial charge in [0, 0.05) is 6.54 Å². The molecule has 0 radical (unpaired) electrons. The molecule has 1 atom stereocenters. The number of halogens is 4. The number of alkyl halides is 3. The molecular weight excluding hydrogens is 331 g/mol. The van der Waals surface area contributed by atoms with E-state index in [9.17, 15) is 26.7 Å². The molecule has 4 nitrogen and oxygen atoms in total. The van der Waals surface area contributed by atoms with Crippen LogP contribution >= 0.6 is 11.6 Å². The Balaban J connectivity index is 3.02. The standard InChI is InChI=1S/C12H15ClF3NO3S/c1-2-3-9(18)7-17-21(19,20)11-6-8(12(14,15)16)4-5-10(11)13/h4-6,9,17-18H,2-3,7H2,1H3. The van der Waals surface area contributed by atoms with Crippen molar-refractivity contribution in [2.75, 3.05) is 6.54 Å². The summed E-state index contributed by atoms with van der Waals surface area (Å²) in [5, 5.41) is 9.15. The maximum Gasteiger partial charge on any atom is 0.416 e. The molecular formula is C12H15ClF3NO3S. The second kappa shape index (κ2) is 6.95. The van der Waals surface area contributed by atoms with Gasteiger partial charge in [0.1, 0.15) is 4.90 Å². The lowest BCUT2D eigenvalue weighted by molar-refractivity contribution is -0.137. The van der Waals surface area contributed by atoms with Crippen molar-refractivity contribution < 1.29 is 26.7 Å². The summed E-state index contributed by atoms with van der Waals surface area (Å²) in [5.41, 5.74) is -1.11. The molecule has 1 unspecified atom stereocenters. The van der Waals surface area contributed by atoms with Crippen molar-refractivity contribution in [1.29, 1.82) is 0 Å². The van der Waals surface area contributed by atoms with Crippen LogP contribution in [-0.2, 0) is 16.2 Å². The van der Waals surface area contributed by atoms with Crippen molar-refractivity contribution in [3.05, 3.63) is 28.8 Å². The van der Waals surface area contributed by atoms with Crippen LogP contribution in [0.5, 0.6) is 0 Å². The zero-order valence-electron chi connectivity index (χ0n) is 11.1. The fourth-order valence-corrected chi connectivity index (χ4v) is 3.20. The van der Waals surface area contributed by atoms with E-state index in [1.807, 2.05) is 4.72 Å². The molecule has 0 bridgehead atoms. The zero-order valence-corrected chi connectivity index (χ0v) is 12.7. The van der Waals surface area contributed by atoms with Crippen molar-refractivity contribution in [2.24, 2.45) is 0 Å². The third kappa shape index (κ3) is 5.14. The SMILES string of the molecule is CCCC(O)CNS(=O)(=O)c1cc(C(F)(F)F)ccc1Cl. The Bertz CT molecular complexity index is 590. The predicted molar refractivity (Wildman–Crippen MR) is 72.6 cm³/mol. The van der Waals surface area contributed by atoms with Crippen LogP contribution in [0.25, 0.3) is 0 Å². The van der Waals surface area contributed by atoms with E-state index in [0.29, 0.717) is 25.0 Å². The minimum absolute atomic E-state index is 0.289. The van der Waals surface area contributed by atoms with Crippen LogP contribution in [0, 0.1) is 0 Å². The van der Waals surface area contributed by atoms with E-state index in [-0.39, 0.29) is 11.6 Å². The summed E-state index contributed by atoms with van der Waals surface area (Å²) in [6.07, 6.45) is -4.56. The maximum absolute atomic E-state index is 12.6. The van der Waals surface area contributed by atoms with Gasteiger partial charge in [-0.25, -0.2) is 13.1 Å². The van der Waals surface area contributed by atoms with E-state index >= 15 is 0 Å². The first-order valence-corrected chi connectivity index (χ1v) is 7.98. The summed E-state index contributed by atoms with van der Waals surface area (Å²) in [4.78, 5) is -0.664. The summed E-state index contributed by atoms with van der Waals surface area (Å²) in [5.74, 6) is 0. The topological polar surface area (TPSA) is 66.4 Å². The quantitative estimate of drug-likeness (QED) is 0.833. The fourth-order valence-electron chi connectivity index (χ4n) is 1.60. The van der Waals surface area contributed by atoms with Crippen molar-refractivity contribution >= 4 is 21.6 Å². The number of rotatable bonds is 6. The van der Waals surface area contributed by atoms with Gasteiger partial charge in [-0.1, -0.05) is 24.9 Å². The summed E-state index contributed by atoms with van der Waals surface area (Å²) >= 11 is 5.66. The van der Waals surface area contributed by atoms with Crippen LogP contribution in [0.15, 0.2) is 23.1 Å². The highest BCUT2D eigenvalue weighted by Gasteiger charge is 2.32. The molecule has 0 amide bonds. The van der Waals surface area contributed by atoms with Crippen molar-refractivity contribution in [3.8, 4) is 0 Å². The number of hydrogen-bond acceptors (Lipinski definition) is 3. The molecule has 0 spiro atoms. The highest BCUT2D eigenvalue weighted by atomic mass is 35.5. The molecule has 1 aromatic carbocycles. The highest BCUT2D eigenvalue weighted by Crippen LogP contribution is 2.33. The summed E-state index contributed by atoms with van der Waals surface area (Å²) < 4.78 is 63.8. The Morgan fingerprint density at radius 1 is 1.38 bits per heavy atom. The molecule has 21 heavy (non-hydrogen) atoms. The van der Waals surface area contributed by atoms with Crippen molar-refractivity contribution in [3.63, 3.8) is 0 Å². The average Bonchev–Trinajstić information content (AvgIpc) is 2.36. The second-order valence-corrected chi connectivity index (χ2v) is 6.58. The molecule has 2 N–H and O–H groups in total. The van der Waals surface area contributed by atoms with Crippen LogP contribution in [0.3, 0.4) is 0 Å². The molecule has 0 saturated heterocycles. The molecule has 0 aliphatic carbocycles.